The van der Waals surface area contributed by atoms with Crippen molar-refractivity contribution in [3.05, 3.63) is 42.1 Å². The highest BCUT2D eigenvalue weighted by Crippen LogP contribution is 2.27. The molecule has 1 aromatic heterocycles. The molecule has 6 nitrogen and oxygen atoms in total. The summed E-state index contributed by atoms with van der Waals surface area (Å²) in [5, 5.41) is 13.8. The zero-order valence-corrected chi connectivity index (χ0v) is 12.6. The highest BCUT2D eigenvalue weighted by Gasteiger charge is 2.29. The summed E-state index contributed by atoms with van der Waals surface area (Å²) >= 11 is 0. The number of benzene rings is 1. The molecule has 3 rings (SSSR count). The topological polar surface area (TPSA) is 67.6 Å². The van der Waals surface area contributed by atoms with E-state index in [2.05, 4.69) is 5.10 Å². The summed E-state index contributed by atoms with van der Waals surface area (Å²) in [7, 11) is 0. The standard InChI is InChI=1S/C16H19N3O3/c1-11-9-18(10-12(2)22-11)15-14(16(20)21)8-17-19(15)13-6-4-3-5-7-13/h3-8,11-12H,9-10H2,1-2H3,(H,20,21). The van der Waals surface area contributed by atoms with Crippen LogP contribution < -0.4 is 4.90 Å². The molecule has 2 heterocycles. The van der Waals surface area contributed by atoms with E-state index >= 15 is 0 Å². The van der Waals surface area contributed by atoms with E-state index in [0.29, 0.717) is 18.9 Å². The lowest BCUT2D eigenvalue weighted by Crippen LogP contribution is -2.46. The number of hydrogen-bond donors (Lipinski definition) is 1. The SMILES string of the molecule is CC1CN(c2c(C(=O)O)cnn2-c2ccccc2)CC(C)O1. The van der Waals surface area contributed by atoms with E-state index in [1.54, 1.807) is 4.68 Å². The highest BCUT2D eigenvalue weighted by molar-refractivity contribution is 5.93. The fourth-order valence-electron chi connectivity index (χ4n) is 2.91. The molecule has 0 amide bonds. The molecule has 6 heteroatoms. The van der Waals surface area contributed by atoms with E-state index in [9.17, 15) is 9.90 Å². The third-order valence-corrected chi connectivity index (χ3v) is 3.69. The van der Waals surface area contributed by atoms with Crippen LogP contribution in [0.25, 0.3) is 5.69 Å². The number of morpholine rings is 1. The first-order chi connectivity index (χ1) is 10.6. The van der Waals surface area contributed by atoms with Crippen LogP contribution in [0, 0.1) is 0 Å². The van der Waals surface area contributed by atoms with Crippen LogP contribution in [0.1, 0.15) is 24.2 Å². The molecule has 1 aliphatic heterocycles. The van der Waals surface area contributed by atoms with Crippen molar-refractivity contribution in [3.8, 4) is 5.69 Å². The predicted octanol–water partition coefficient (Wildman–Crippen LogP) is 2.18. The third kappa shape index (κ3) is 2.69. The van der Waals surface area contributed by atoms with Crippen LogP contribution in [-0.2, 0) is 4.74 Å². The van der Waals surface area contributed by atoms with Crippen molar-refractivity contribution in [2.24, 2.45) is 0 Å². The van der Waals surface area contributed by atoms with Crippen LogP contribution in [0.2, 0.25) is 0 Å². The van der Waals surface area contributed by atoms with Crippen molar-refractivity contribution in [2.45, 2.75) is 26.1 Å². The Morgan fingerprint density at radius 1 is 1.23 bits per heavy atom. The van der Waals surface area contributed by atoms with Gasteiger partial charge in [0.15, 0.2) is 0 Å². The number of carboxylic acid groups (broad SMARTS) is 1. The van der Waals surface area contributed by atoms with Crippen molar-refractivity contribution in [3.63, 3.8) is 0 Å². The van der Waals surface area contributed by atoms with Gasteiger partial charge in [-0.15, -0.1) is 0 Å². The molecule has 2 unspecified atom stereocenters. The minimum atomic E-state index is -0.969. The average molecular weight is 301 g/mol. The summed E-state index contributed by atoms with van der Waals surface area (Å²) in [6.45, 7) is 5.27. The van der Waals surface area contributed by atoms with Crippen molar-refractivity contribution >= 4 is 11.8 Å². The summed E-state index contributed by atoms with van der Waals surface area (Å²) < 4.78 is 7.43. The van der Waals surface area contributed by atoms with E-state index in [1.807, 2.05) is 49.1 Å². The van der Waals surface area contributed by atoms with Gasteiger partial charge < -0.3 is 14.7 Å². The van der Waals surface area contributed by atoms with Crippen LogP contribution >= 0.6 is 0 Å². The monoisotopic (exact) mass is 301 g/mol. The van der Waals surface area contributed by atoms with Gasteiger partial charge in [0, 0.05) is 13.1 Å². The Morgan fingerprint density at radius 3 is 2.45 bits per heavy atom. The number of hydrogen-bond acceptors (Lipinski definition) is 4. The molecule has 1 N–H and O–H groups in total. The Kier molecular flexibility index (Phi) is 3.85. The second kappa shape index (κ2) is 5.81. The summed E-state index contributed by atoms with van der Waals surface area (Å²) in [6, 6.07) is 9.56. The number of ether oxygens (including phenoxy) is 1. The molecule has 1 aromatic carbocycles. The summed E-state index contributed by atoms with van der Waals surface area (Å²) in [6.07, 6.45) is 1.50. The number of aromatic carboxylic acids is 1. The van der Waals surface area contributed by atoms with Gasteiger partial charge in [0.1, 0.15) is 11.4 Å². The van der Waals surface area contributed by atoms with Crippen LogP contribution in [0.15, 0.2) is 36.5 Å². The van der Waals surface area contributed by atoms with E-state index in [0.717, 1.165) is 5.69 Å². The lowest BCUT2D eigenvalue weighted by Gasteiger charge is -2.37. The van der Waals surface area contributed by atoms with Crippen LogP contribution in [0.5, 0.6) is 0 Å². The van der Waals surface area contributed by atoms with Gasteiger partial charge in [-0.05, 0) is 26.0 Å². The quantitative estimate of drug-likeness (QED) is 0.941. The Hall–Kier alpha value is -2.34. The molecule has 22 heavy (non-hydrogen) atoms. The van der Waals surface area contributed by atoms with Gasteiger partial charge in [-0.3, -0.25) is 0 Å². The first kappa shape index (κ1) is 14.6. The second-order valence-electron chi connectivity index (χ2n) is 5.60. The number of aromatic nitrogens is 2. The molecule has 0 aliphatic carbocycles. The molecule has 2 aromatic rings. The number of para-hydroxylation sites is 1. The molecular weight excluding hydrogens is 282 g/mol. The summed E-state index contributed by atoms with van der Waals surface area (Å²) in [5.74, 6) is -0.357. The zero-order valence-electron chi connectivity index (χ0n) is 12.6. The van der Waals surface area contributed by atoms with Crippen molar-refractivity contribution in [1.82, 2.24) is 9.78 Å². The fourth-order valence-corrected chi connectivity index (χ4v) is 2.91. The van der Waals surface area contributed by atoms with Crippen molar-refractivity contribution in [2.75, 3.05) is 18.0 Å². The lowest BCUT2D eigenvalue weighted by molar-refractivity contribution is -0.00568. The van der Waals surface area contributed by atoms with E-state index < -0.39 is 5.97 Å². The Bertz CT molecular complexity index is 659. The molecule has 1 saturated heterocycles. The normalized spacial score (nSPS) is 21.8. The molecule has 0 saturated carbocycles. The Labute approximate surface area is 128 Å². The molecule has 1 aliphatic rings. The molecule has 2 atom stereocenters. The molecule has 116 valence electrons. The lowest BCUT2D eigenvalue weighted by atomic mass is 10.2. The van der Waals surface area contributed by atoms with Crippen molar-refractivity contribution < 1.29 is 14.6 Å². The molecule has 0 radical (unpaired) electrons. The number of carboxylic acids is 1. The Balaban J connectivity index is 2.08. The number of nitrogens with zero attached hydrogens (tertiary/aromatic N) is 3. The van der Waals surface area contributed by atoms with Gasteiger partial charge >= 0.3 is 5.97 Å². The van der Waals surface area contributed by atoms with Gasteiger partial charge in [0.25, 0.3) is 0 Å². The van der Waals surface area contributed by atoms with Gasteiger partial charge in [-0.25, -0.2) is 9.48 Å². The first-order valence-corrected chi connectivity index (χ1v) is 7.33. The van der Waals surface area contributed by atoms with Crippen LogP contribution in [0.4, 0.5) is 5.82 Å². The fraction of sp³-hybridized carbons (Fsp3) is 0.375. The van der Waals surface area contributed by atoms with E-state index in [-0.39, 0.29) is 17.8 Å². The van der Waals surface area contributed by atoms with Crippen LogP contribution in [-0.4, -0.2) is 46.2 Å². The molecular formula is C16H19N3O3. The average Bonchev–Trinajstić information content (AvgIpc) is 2.92. The van der Waals surface area contributed by atoms with Gasteiger partial charge in [-0.1, -0.05) is 18.2 Å². The minimum Gasteiger partial charge on any atom is -0.477 e. The predicted molar refractivity (Wildman–Crippen MR) is 82.7 cm³/mol. The van der Waals surface area contributed by atoms with Crippen LogP contribution in [0.3, 0.4) is 0 Å². The Morgan fingerprint density at radius 2 is 1.86 bits per heavy atom. The van der Waals surface area contributed by atoms with Gasteiger partial charge in [-0.2, -0.15) is 5.10 Å². The van der Waals surface area contributed by atoms with Gasteiger partial charge in [0.2, 0.25) is 0 Å². The maximum atomic E-state index is 11.6. The minimum absolute atomic E-state index is 0.0459. The zero-order chi connectivity index (χ0) is 15.7. The number of anilines is 1. The second-order valence-corrected chi connectivity index (χ2v) is 5.60. The van der Waals surface area contributed by atoms with Gasteiger partial charge in [0.05, 0.1) is 24.1 Å². The number of carbonyl (C=O) groups is 1. The highest BCUT2D eigenvalue weighted by atomic mass is 16.5. The maximum absolute atomic E-state index is 11.6. The summed E-state index contributed by atoms with van der Waals surface area (Å²) in [5.41, 5.74) is 1.06. The summed E-state index contributed by atoms with van der Waals surface area (Å²) in [4.78, 5) is 13.6. The van der Waals surface area contributed by atoms with Crippen molar-refractivity contribution in [1.29, 1.82) is 0 Å². The van der Waals surface area contributed by atoms with E-state index in [1.165, 1.54) is 6.20 Å². The first-order valence-electron chi connectivity index (χ1n) is 7.33. The molecule has 0 spiro atoms. The number of rotatable bonds is 3. The van der Waals surface area contributed by atoms with E-state index in [4.69, 9.17) is 4.74 Å². The largest absolute Gasteiger partial charge is 0.477 e. The smallest absolute Gasteiger partial charge is 0.341 e. The third-order valence-electron chi connectivity index (χ3n) is 3.69. The molecule has 0 bridgehead atoms. The molecule has 1 fully saturated rings. The maximum Gasteiger partial charge on any atom is 0.341 e.